The maximum atomic E-state index is 12.0. The molecule has 0 bridgehead atoms. The summed E-state index contributed by atoms with van der Waals surface area (Å²) >= 11 is 0. The number of unbranched alkanes of at least 4 members (excludes halogenated alkanes) is 1. The van der Waals surface area contributed by atoms with Crippen molar-refractivity contribution in [1.82, 2.24) is 15.1 Å². The van der Waals surface area contributed by atoms with Gasteiger partial charge in [0, 0.05) is 13.6 Å². The molecule has 0 radical (unpaired) electrons. The van der Waals surface area contributed by atoms with Crippen molar-refractivity contribution in [3.8, 4) is 0 Å². The van der Waals surface area contributed by atoms with Crippen molar-refractivity contribution in [2.24, 2.45) is 0 Å². The molecule has 1 heterocycles. The average Bonchev–Trinajstić information content (AvgIpc) is 2.93. The molecule has 1 aromatic carbocycles. The van der Waals surface area contributed by atoms with E-state index >= 15 is 0 Å². The van der Waals surface area contributed by atoms with Crippen LogP contribution in [0.15, 0.2) is 34.7 Å². The second-order valence-corrected chi connectivity index (χ2v) is 4.74. The Morgan fingerprint density at radius 1 is 1.25 bits per heavy atom. The Bertz CT molecular complexity index is 551. The van der Waals surface area contributed by atoms with Crippen molar-refractivity contribution in [3.05, 3.63) is 47.7 Å². The number of carbonyl (C=O) groups is 1. The first-order valence-electron chi connectivity index (χ1n) is 6.82. The van der Waals surface area contributed by atoms with Crippen LogP contribution < -0.4 is 0 Å². The van der Waals surface area contributed by atoms with Crippen LogP contribution in [0.3, 0.4) is 0 Å². The van der Waals surface area contributed by atoms with E-state index in [-0.39, 0.29) is 11.8 Å². The smallest absolute Gasteiger partial charge is 0.311 e. The lowest BCUT2D eigenvalue weighted by Crippen LogP contribution is -2.27. The van der Waals surface area contributed by atoms with Crippen LogP contribution in [0.25, 0.3) is 0 Å². The summed E-state index contributed by atoms with van der Waals surface area (Å²) in [6, 6.07) is 9.83. The van der Waals surface area contributed by atoms with Gasteiger partial charge in [-0.3, -0.25) is 4.79 Å². The molecule has 1 amide bonds. The molecule has 0 aliphatic rings. The van der Waals surface area contributed by atoms with E-state index in [1.807, 2.05) is 30.3 Å². The minimum absolute atomic E-state index is 0.0644. The SMILES string of the molecule is CCCCN(C)C(=O)c1nnc(Cc2ccccc2)o1. The van der Waals surface area contributed by atoms with Crippen LogP contribution in [-0.2, 0) is 6.42 Å². The van der Waals surface area contributed by atoms with Gasteiger partial charge in [-0.1, -0.05) is 43.7 Å². The first-order chi connectivity index (χ1) is 9.70. The highest BCUT2D eigenvalue weighted by Crippen LogP contribution is 2.09. The van der Waals surface area contributed by atoms with Crippen molar-refractivity contribution >= 4 is 5.91 Å². The summed E-state index contributed by atoms with van der Waals surface area (Å²) in [6.45, 7) is 2.79. The van der Waals surface area contributed by atoms with E-state index in [2.05, 4.69) is 17.1 Å². The van der Waals surface area contributed by atoms with Crippen molar-refractivity contribution in [2.45, 2.75) is 26.2 Å². The fraction of sp³-hybridized carbons (Fsp3) is 0.400. The van der Waals surface area contributed by atoms with E-state index in [9.17, 15) is 4.79 Å². The van der Waals surface area contributed by atoms with Crippen LogP contribution in [0, 0.1) is 0 Å². The highest BCUT2D eigenvalue weighted by molar-refractivity contribution is 5.89. The lowest BCUT2D eigenvalue weighted by atomic mass is 10.2. The highest BCUT2D eigenvalue weighted by Gasteiger charge is 2.18. The number of rotatable bonds is 6. The van der Waals surface area contributed by atoms with Crippen LogP contribution in [0.2, 0.25) is 0 Å². The fourth-order valence-electron chi connectivity index (χ4n) is 1.84. The molecule has 0 unspecified atom stereocenters. The number of hydrogen-bond donors (Lipinski definition) is 0. The van der Waals surface area contributed by atoms with Gasteiger partial charge in [0.15, 0.2) is 0 Å². The molecule has 5 nitrogen and oxygen atoms in total. The number of amides is 1. The zero-order valence-corrected chi connectivity index (χ0v) is 11.9. The third kappa shape index (κ3) is 3.66. The summed E-state index contributed by atoms with van der Waals surface area (Å²) in [7, 11) is 1.75. The van der Waals surface area contributed by atoms with Crippen molar-refractivity contribution in [3.63, 3.8) is 0 Å². The lowest BCUT2D eigenvalue weighted by Gasteiger charge is -2.13. The van der Waals surface area contributed by atoms with Gasteiger partial charge < -0.3 is 9.32 Å². The summed E-state index contributed by atoms with van der Waals surface area (Å²) in [5.41, 5.74) is 1.08. The molecule has 5 heteroatoms. The topological polar surface area (TPSA) is 59.2 Å². The maximum absolute atomic E-state index is 12.0. The zero-order valence-electron chi connectivity index (χ0n) is 11.9. The normalized spacial score (nSPS) is 10.5. The summed E-state index contributed by atoms with van der Waals surface area (Å²) in [4.78, 5) is 13.7. The van der Waals surface area contributed by atoms with Gasteiger partial charge in [-0.05, 0) is 12.0 Å². The standard InChI is InChI=1S/C15H19N3O2/c1-3-4-10-18(2)15(19)14-17-16-13(20-14)11-12-8-6-5-7-9-12/h5-9H,3-4,10-11H2,1-2H3. The molecule has 0 spiro atoms. The Morgan fingerprint density at radius 2 is 2.00 bits per heavy atom. The first kappa shape index (κ1) is 14.2. The van der Waals surface area contributed by atoms with Crippen molar-refractivity contribution < 1.29 is 9.21 Å². The molecule has 0 saturated carbocycles. The highest BCUT2D eigenvalue weighted by atomic mass is 16.4. The van der Waals surface area contributed by atoms with Gasteiger partial charge in [-0.25, -0.2) is 0 Å². The van der Waals surface area contributed by atoms with Crippen LogP contribution in [0.4, 0.5) is 0 Å². The molecule has 0 fully saturated rings. The zero-order chi connectivity index (χ0) is 14.4. The summed E-state index contributed by atoms with van der Waals surface area (Å²) < 4.78 is 5.44. The maximum Gasteiger partial charge on any atom is 0.311 e. The molecule has 0 aliphatic heterocycles. The van der Waals surface area contributed by atoms with Gasteiger partial charge in [0.1, 0.15) is 0 Å². The molecule has 20 heavy (non-hydrogen) atoms. The predicted octanol–water partition coefficient (Wildman–Crippen LogP) is 2.53. The van der Waals surface area contributed by atoms with E-state index in [0.29, 0.717) is 18.9 Å². The Morgan fingerprint density at radius 3 is 2.70 bits per heavy atom. The molecule has 0 aliphatic carbocycles. The third-order valence-electron chi connectivity index (χ3n) is 3.04. The van der Waals surface area contributed by atoms with Crippen LogP contribution in [-0.4, -0.2) is 34.6 Å². The van der Waals surface area contributed by atoms with Crippen LogP contribution >= 0.6 is 0 Å². The number of hydrogen-bond acceptors (Lipinski definition) is 4. The average molecular weight is 273 g/mol. The van der Waals surface area contributed by atoms with Gasteiger partial charge in [0.05, 0.1) is 6.42 Å². The molecule has 0 saturated heterocycles. The van der Waals surface area contributed by atoms with Gasteiger partial charge in [0.2, 0.25) is 5.89 Å². The van der Waals surface area contributed by atoms with Crippen LogP contribution in [0.1, 0.15) is 41.9 Å². The Labute approximate surface area is 118 Å². The van der Waals surface area contributed by atoms with Gasteiger partial charge in [-0.15, -0.1) is 10.2 Å². The summed E-state index contributed by atoms with van der Waals surface area (Å²) in [6.07, 6.45) is 2.55. The molecule has 0 atom stereocenters. The number of aromatic nitrogens is 2. The minimum Gasteiger partial charge on any atom is -0.417 e. The number of carbonyl (C=O) groups excluding carboxylic acids is 1. The summed E-state index contributed by atoms with van der Waals surface area (Å²) in [5, 5.41) is 7.76. The monoisotopic (exact) mass is 273 g/mol. The molecular weight excluding hydrogens is 254 g/mol. The van der Waals surface area contributed by atoms with Gasteiger partial charge in [0.25, 0.3) is 0 Å². The number of benzene rings is 1. The molecule has 2 aromatic rings. The largest absolute Gasteiger partial charge is 0.417 e. The third-order valence-corrected chi connectivity index (χ3v) is 3.04. The van der Waals surface area contributed by atoms with E-state index < -0.39 is 0 Å². The predicted molar refractivity (Wildman–Crippen MR) is 75.4 cm³/mol. The molecule has 2 rings (SSSR count). The lowest BCUT2D eigenvalue weighted by molar-refractivity contribution is 0.0752. The van der Waals surface area contributed by atoms with Gasteiger partial charge >= 0.3 is 11.8 Å². The molecule has 1 aromatic heterocycles. The van der Waals surface area contributed by atoms with E-state index in [0.717, 1.165) is 18.4 Å². The molecule has 0 N–H and O–H groups in total. The van der Waals surface area contributed by atoms with E-state index in [4.69, 9.17) is 4.42 Å². The Kier molecular flexibility index (Phi) is 4.87. The molecular formula is C15H19N3O2. The quantitative estimate of drug-likeness (QED) is 0.811. The fourth-order valence-corrected chi connectivity index (χ4v) is 1.84. The second-order valence-electron chi connectivity index (χ2n) is 4.74. The van der Waals surface area contributed by atoms with E-state index in [1.165, 1.54) is 0 Å². The minimum atomic E-state index is -0.217. The first-order valence-corrected chi connectivity index (χ1v) is 6.82. The number of nitrogens with zero attached hydrogens (tertiary/aromatic N) is 3. The van der Waals surface area contributed by atoms with E-state index in [1.54, 1.807) is 11.9 Å². The molecule has 106 valence electrons. The Hall–Kier alpha value is -2.17. The van der Waals surface area contributed by atoms with Crippen molar-refractivity contribution in [1.29, 1.82) is 0 Å². The van der Waals surface area contributed by atoms with Crippen LogP contribution in [0.5, 0.6) is 0 Å². The second kappa shape index (κ2) is 6.84. The van der Waals surface area contributed by atoms with Crippen molar-refractivity contribution in [2.75, 3.05) is 13.6 Å². The Balaban J connectivity index is 2.00. The summed E-state index contributed by atoms with van der Waals surface area (Å²) in [5.74, 6) is 0.309. The van der Waals surface area contributed by atoms with Gasteiger partial charge in [-0.2, -0.15) is 0 Å².